The van der Waals surface area contributed by atoms with Crippen molar-refractivity contribution in [2.24, 2.45) is 5.92 Å². The van der Waals surface area contributed by atoms with Crippen LogP contribution in [-0.2, 0) is 19.6 Å². The molecule has 1 heterocycles. The summed E-state index contributed by atoms with van der Waals surface area (Å²) in [6, 6.07) is 0. The molecule has 7 heteroatoms. The number of hydrogen-bond acceptors (Lipinski definition) is 4. The fourth-order valence-electron chi connectivity index (χ4n) is 1.85. The predicted molar refractivity (Wildman–Crippen MR) is 68.7 cm³/mol. The Morgan fingerprint density at radius 2 is 2.11 bits per heavy atom. The lowest BCUT2D eigenvalue weighted by atomic mass is 10.1. The molecule has 0 aromatic heterocycles. The van der Waals surface area contributed by atoms with Crippen molar-refractivity contribution in [2.45, 2.75) is 13.3 Å². The number of likely N-dealkylation sites (N-methyl/N-ethyl adjacent to an activating group) is 2. The van der Waals surface area contributed by atoms with Gasteiger partial charge in [0.1, 0.15) is 0 Å². The van der Waals surface area contributed by atoms with Gasteiger partial charge < -0.3 is 9.64 Å². The molecule has 1 amide bonds. The molecule has 1 fully saturated rings. The van der Waals surface area contributed by atoms with E-state index in [0.29, 0.717) is 25.6 Å². The van der Waals surface area contributed by atoms with Gasteiger partial charge in [-0.25, -0.2) is 8.42 Å². The van der Waals surface area contributed by atoms with Crippen LogP contribution in [0.15, 0.2) is 0 Å². The minimum Gasteiger partial charge on any atom is -0.381 e. The minimum absolute atomic E-state index is 0.0970. The first-order chi connectivity index (χ1) is 8.34. The largest absolute Gasteiger partial charge is 0.381 e. The zero-order chi connectivity index (χ0) is 13.8. The molecule has 0 spiro atoms. The number of sulfonamides is 1. The number of rotatable bonds is 6. The van der Waals surface area contributed by atoms with Gasteiger partial charge in [-0.3, -0.25) is 4.79 Å². The third kappa shape index (κ3) is 4.55. The van der Waals surface area contributed by atoms with Crippen LogP contribution in [0.25, 0.3) is 0 Å². The number of amides is 1. The number of carbonyl (C=O) groups excluding carboxylic acids is 1. The Labute approximate surface area is 109 Å². The number of ether oxygens (including phenoxy) is 1. The molecule has 0 N–H and O–H groups in total. The Morgan fingerprint density at radius 1 is 1.44 bits per heavy atom. The summed E-state index contributed by atoms with van der Waals surface area (Å²) in [5, 5.41) is 0. The molecule has 1 rings (SSSR count). The Morgan fingerprint density at radius 3 is 2.56 bits per heavy atom. The van der Waals surface area contributed by atoms with Gasteiger partial charge in [0.15, 0.2) is 0 Å². The van der Waals surface area contributed by atoms with E-state index >= 15 is 0 Å². The maximum atomic E-state index is 12.0. The molecule has 0 aliphatic carbocycles. The number of hydrogen-bond donors (Lipinski definition) is 0. The molecular weight excluding hydrogens is 256 g/mol. The lowest BCUT2D eigenvalue weighted by Gasteiger charge is -2.25. The topological polar surface area (TPSA) is 66.9 Å². The lowest BCUT2D eigenvalue weighted by molar-refractivity contribution is -0.131. The van der Waals surface area contributed by atoms with Crippen LogP contribution in [0.1, 0.15) is 13.3 Å². The summed E-state index contributed by atoms with van der Waals surface area (Å²) in [6.45, 7) is 4.47. The molecule has 1 atom stereocenters. The Kier molecular flexibility index (Phi) is 5.55. The average molecular weight is 278 g/mol. The highest BCUT2D eigenvalue weighted by Gasteiger charge is 2.23. The van der Waals surface area contributed by atoms with Crippen LogP contribution in [0.3, 0.4) is 0 Å². The first kappa shape index (κ1) is 15.4. The van der Waals surface area contributed by atoms with Crippen LogP contribution in [0.5, 0.6) is 0 Å². The van der Waals surface area contributed by atoms with Gasteiger partial charge in [-0.15, -0.1) is 0 Å². The van der Waals surface area contributed by atoms with Gasteiger partial charge in [-0.05, 0) is 13.3 Å². The highest BCUT2D eigenvalue weighted by molar-refractivity contribution is 7.88. The molecule has 0 radical (unpaired) electrons. The summed E-state index contributed by atoms with van der Waals surface area (Å²) in [7, 11) is -1.89. The van der Waals surface area contributed by atoms with Gasteiger partial charge in [-0.1, -0.05) is 0 Å². The van der Waals surface area contributed by atoms with Crippen LogP contribution in [0.2, 0.25) is 0 Å². The van der Waals surface area contributed by atoms with Crippen molar-refractivity contribution in [1.29, 1.82) is 0 Å². The van der Waals surface area contributed by atoms with E-state index < -0.39 is 10.0 Å². The first-order valence-electron chi connectivity index (χ1n) is 6.11. The molecule has 0 aromatic carbocycles. The van der Waals surface area contributed by atoms with Crippen LogP contribution in [-0.4, -0.2) is 69.7 Å². The number of carbonyl (C=O) groups is 1. The van der Waals surface area contributed by atoms with Crippen molar-refractivity contribution in [1.82, 2.24) is 9.21 Å². The highest BCUT2D eigenvalue weighted by Crippen LogP contribution is 2.14. The van der Waals surface area contributed by atoms with Gasteiger partial charge in [0.25, 0.3) is 0 Å². The van der Waals surface area contributed by atoms with E-state index in [-0.39, 0.29) is 12.5 Å². The Balaban J connectivity index is 2.51. The molecular formula is C11H22N2O4S. The van der Waals surface area contributed by atoms with E-state index in [1.165, 1.54) is 7.05 Å². The Bertz CT molecular complexity index is 377. The molecule has 18 heavy (non-hydrogen) atoms. The smallest absolute Gasteiger partial charge is 0.237 e. The molecule has 1 aliphatic rings. The Hall–Kier alpha value is -0.660. The summed E-state index contributed by atoms with van der Waals surface area (Å²) >= 11 is 0. The van der Waals surface area contributed by atoms with Gasteiger partial charge in [0.2, 0.25) is 15.9 Å². The summed E-state index contributed by atoms with van der Waals surface area (Å²) in [4.78, 5) is 13.7. The fourth-order valence-corrected chi connectivity index (χ4v) is 2.20. The highest BCUT2D eigenvalue weighted by atomic mass is 32.2. The predicted octanol–water partition coefficient (Wildman–Crippen LogP) is -0.237. The monoisotopic (exact) mass is 278 g/mol. The molecule has 1 saturated heterocycles. The van der Waals surface area contributed by atoms with E-state index in [0.717, 1.165) is 23.6 Å². The first-order valence-corrected chi connectivity index (χ1v) is 7.96. The van der Waals surface area contributed by atoms with Crippen molar-refractivity contribution >= 4 is 15.9 Å². The van der Waals surface area contributed by atoms with E-state index in [9.17, 15) is 13.2 Å². The molecule has 6 nitrogen and oxygen atoms in total. The van der Waals surface area contributed by atoms with Crippen LogP contribution in [0.4, 0.5) is 0 Å². The van der Waals surface area contributed by atoms with E-state index in [4.69, 9.17) is 4.74 Å². The fraction of sp³-hybridized carbons (Fsp3) is 0.909. The van der Waals surface area contributed by atoms with Crippen LogP contribution >= 0.6 is 0 Å². The van der Waals surface area contributed by atoms with Crippen molar-refractivity contribution in [3.63, 3.8) is 0 Å². The standard InChI is InChI=1S/C11H22N2O4S/c1-4-13(7-10-5-6-17-9-10)11(14)8-12(2)18(3,15)16/h10H,4-9H2,1-3H3/t10-/m1/s1. The second-order valence-electron chi connectivity index (χ2n) is 4.68. The maximum Gasteiger partial charge on any atom is 0.237 e. The van der Waals surface area contributed by atoms with Crippen molar-refractivity contribution in [3.8, 4) is 0 Å². The van der Waals surface area contributed by atoms with Crippen LogP contribution < -0.4 is 0 Å². The third-order valence-electron chi connectivity index (χ3n) is 3.16. The van der Waals surface area contributed by atoms with Crippen molar-refractivity contribution < 1.29 is 17.9 Å². The summed E-state index contributed by atoms with van der Waals surface area (Å²) in [6.07, 6.45) is 2.06. The van der Waals surface area contributed by atoms with Crippen molar-refractivity contribution in [3.05, 3.63) is 0 Å². The molecule has 0 bridgehead atoms. The average Bonchev–Trinajstić information content (AvgIpc) is 2.76. The number of nitrogens with zero attached hydrogens (tertiary/aromatic N) is 2. The SMILES string of the molecule is CCN(C[C@H]1CCOC1)C(=O)CN(C)S(C)(=O)=O. The minimum atomic E-state index is -3.31. The summed E-state index contributed by atoms with van der Waals surface area (Å²) in [5.41, 5.74) is 0. The maximum absolute atomic E-state index is 12.0. The van der Waals surface area contributed by atoms with E-state index in [2.05, 4.69) is 0 Å². The third-order valence-corrected chi connectivity index (χ3v) is 4.42. The second-order valence-corrected chi connectivity index (χ2v) is 6.77. The molecule has 106 valence electrons. The molecule has 0 saturated carbocycles. The summed E-state index contributed by atoms with van der Waals surface area (Å²) < 4.78 is 28.9. The molecule has 0 unspecified atom stereocenters. The van der Waals surface area contributed by atoms with Gasteiger partial charge in [0.05, 0.1) is 19.4 Å². The summed E-state index contributed by atoms with van der Waals surface area (Å²) in [5.74, 6) is 0.217. The zero-order valence-corrected chi connectivity index (χ0v) is 12.1. The van der Waals surface area contributed by atoms with Gasteiger partial charge in [0, 0.05) is 32.7 Å². The van der Waals surface area contributed by atoms with Crippen LogP contribution in [0, 0.1) is 5.92 Å². The van der Waals surface area contributed by atoms with E-state index in [1.54, 1.807) is 4.90 Å². The zero-order valence-electron chi connectivity index (χ0n) is 11.3. The quantitative estimate of drug-likeness (QED) is 0.673. The second kappa shape index (κ2) is 6.49. The molecule has 0 aromatic rings. The van der Waals surface area contributed by atoms with Gasteiger partial charge in [-0.2, -0.15) is 4.31 Å². The normalized spacial score (nSPS) is 20.3. The van der Waals surface area contributed by atoms with Crippen molar-refractivity contribution in [2.75, 3.05) is 46.2 Å². The molecule has 1 aliphatic heterocycles. The van der Waals surface area contributed by atoms with E-state index in [1.807, 2.05) is 6.92 Å². The lowest BCUT2D eigenvalue weighted by Crippen LogP contribution is -2.42. The van der Waals surface area contributed by atoms with Gasteiger partial charge >= 0.3 is 0 Å².